The Bertz CT molecular complexity index is 1110. The van der Waals surface area contributed by atoms with Gasteiger partial charge in [-0.15, -0.1) is 0 Å². The SMILES string of the molecule is CCCCCCC/C=C\CCCCCCCC(=O)NC(COP(=O)([O-])OCC[N+](C)(C)C)C(O)/C=C/CC/C=C/CCCCCCCCCCCCCCCCCCCCCC. The van der Waals surface area contributed by atoms with Crippen molar-refractivity contribution in [1.82, 2.24) is 5.32 Å². The van der Waals surface area contributed by atoms with Crippen LogP contribution in [0.3, 0.4) is 0 Å². The normalized spacial score (nSPS) is 14.4. The third-order valence-electron chi connectivity index (χ3n) is 11.8. The molecule has 0 spiro atoms. The molecule has 0 saturated carbocycles. The summed E-state index contributed by atoms with van der Waals surface area (Å²) in [4.78, 5) is 25.4. The number of rotatable bonds is 48. The number of amides is 1. The summed E-state index contributed by atoms with van der Waals surface area (Å²) in [5.74, 6) is -0.215. The maximum atomic E-state index is 12.9. The van der Waals surface area contributed by atoms with Gasteiger partial charge in [0.05, 0.1) is 39.9 Å². The third-order valence-corrected chi connectivity index (χ3v) is 12.8. The molecule has 0 aromatic heterocycles. The second kappa shape index (κ2) is 44.9. The van der Waals surface area contributed by atoms with Gasteiger partial charge in [-0.2, -0.15) is 0 Å². The monoisotopic (exact) mass is 895 g/mol. The summed E-state index contributed by atoms with van der Waals surface area (Å²) in [5.41, 5.74) is 0. The van der Waals surface area contributed by atoms with Crippen molar-refractivity contribution < 1.29 is 32.9 Å². The zero-order valence-corrected chi connectivity index (χ0v) is 42.5. The van der Waals surface area contributed by atoms with E-state index in [1.165, 1.54) is 167 Å². The van der Waals surface area contributed by atoms with E-state index in [1.807, 2.05) is 27.2 Å². The molecule has 0 aliphatic carbocycles. The molecule has 9 heteroatoms. The predicted octanol–water partition coefficient (Wildman–Crippen LogP) is 14.8. The van der Waals surface area contributed by atoms with E-state index >= 15 is 0 Å². The first-order valence-corrected chi connectivity index (χ1v) is 27.8. The average molecular weight is 895 g/mol. The second-order valence-electron chi connectivity index (χ2n) is 19.2. The van der Waals surface area contributed by atoms with E-state index in [9.17, 15) is 19.4 Å². The van der Waals surface area contributed by atoms with Crippen molar-refractivity contribution in [3.8, 4) is 0 Å². The molecule has 0 heterocycles. The van der Waals surface area contributed by atoms with Crippen LogP contribution in [0.25, 0.3) is 0 Å². The Morgan fingerprint density at radius 2 is 0.903 bits per heavy atom. The Balaban J connectivity index is 4.27. The predicted molar refractivity (Wildman–Crippen MR) is 265 cm³/mol. The Kier molecular flexibility index (Phi) is 44.0. The molecule has 366 valence electrons. The number of carbonyl (C=O) groups excluding carboxylic acids is 1. The summed E-state index contributed by atoms with van der Waals surface area (Å²) >= 11 is 0. The third kappa shape index (κ3) is 46.7. The molecule has 0 aliphatic heterocycles. The summed E-state index contributed by atoms with van der Waals surface area (Å²) in [7, 11) is 1.24. The molecule has 3 atom stereocenters. The number of nitrogens with zero attached hydrogens (tertiary/aromatic N) is 1. The highest BCUT2D eigenvalue weighted by molar-refractivity contribution is 7.45. The number of likely N-dealkylation sites (N-methyl/N-ethyl adjacent to an activating group) is 1. The van der Waals surface area contributed by atoms with Gasteiger partial charge in [-0.05, 0) is 57.8 Å². The van der Waals surface area contributed by atoms with E-state index in [0.29, 0.717) is 17.4 Å². The number of hydrogen-bond donors (Lipinski definition) is 2. The van der Waals surface area contributed by atoms with Gasteiger partial charge in [-0.3, -0.25) is 9.36 Å². The molecular weight excluding hydrogens is 792 g/mol. The van der Waals surface area contributed by atoms with E-state index in [-0.39, 0.29) is 12.5 Å². The quantitative estimate of drug-likeness (QED) is 0.0273. The van der Waals surface area contributed by atoms with Crippen molar-refractivity contribution in [3.63, 3.8) is 0 Å². The smallest absolute Gasteiger partial charge is 0.268 e. The van der Waals surface area contributed by atoms with Gasteiger partial charge >= 0.3 is 0 Å². The molecule has 1 amide bonds. The number of nitrogens with one attached hydrogen (secondary N) is 1. The van der Waals surface area contributed by atoms with Crippen LogP contribution in [0, 0.1) is 0 Å². The van der Waals surface area contributed by atoms with Crippen LogP contribution in [-0.2, 0) is 18.4 Å². The lowest BCUT2D eigenvalue weighted by atomic mass is 10.0. The van der Waals surface area contributed by atoms with Crippen LogP contribution in [0.1, 0.15) is 245 Å². The van der Waals surface area contributed by atoms with Crippen molar-refractivity contribution in [3.05, 3.63) is 36.5 Å². The molecule has 3 unspecified atom stereocenters. The summed E-state index contributed by atoms with van der Waals surface area (Å²) in [6, 6.07) is -0.906. The molecule has 0 rings (SSSR count). The summed E-state index contributed by atoms with van der Waals surface area (Å²) in [5, 5.41) is 13.8. The zero-order valence-electron chi connectivity index (χ0n) is 41.6. The molecule has 0 bridgehead atoms. The van der Waals surface area contributed by atoms with Crippen molar-refractivity contribution in [2.75, 3.05) is 40.9 Å². The summed E-state index contributed by atoms with van der Waals surface area (Å²) < 4.78 is 23.2. The van der Waals surface area contributed by atoms with E-state index in [4.69, 9.17) is 9.05 Å². The lowest BCUT2D eigenvalue weighted by Gasteiger charge is -2.29. The van der Waals surface area contributed by atoms with Crippen LogP contribution >= 0.6 is 7.82 Å². The second-order valence-corrected chi connectivity index (χ2v) is 20.6. The molecule has 8 nitrogen and oxygen atoms in total. The Morgan fingerprint density at radius 1 is 0.548 bits per heavy atom. The highest BCUT2D eigenvalue weighted by Gasteiger charge is 2.23. The highest BCUT2D eigenvalue weighted by Crippen LogP contribution is 2.38. The van der Waals surface area contributed by atoms with Gasteiger partial charge in [0, 0.05) is 6.42 Å². The van der Waals surface area contributed by atoms with Crippen LogP contribution in [-0.4, -0.2) is 68.5 Å². The molecule has 0 radical (unpaired) electrons. The van der Waals surface area contributed by atoms with Gasteiger partial charge in [0.15, 0.2) is 0 Å². The van der Waals surface area contributed by atoms with Gasteiger partial charge < -0.3 is 28.8 Å². The largest absolute Gasteiger partial charge is 0.756 e. The van der Waals surface area contributed by atoms with Crippen LogP contribution in [0.15, 0.2) is 36.5 Å². The molecule has 2 N–H and O–H groups in total. The topological polar surface area (TPSA) is 108 Å². The summed E-state index contributed by atoms with van der Waals surface area (Å²) in [6.07, 6.45) is 56.5. The van der Waals surface area contributed by atoms with Crippen molar-refractivity contribution in [2.45, 2.75) is 257 Å². The number of aliphatic hydroxyl groups is 1. The molecule has 0 fully saturated rings. The zero-order chi connectivity index (χ0) is 45.7. The molecule has 0 saturated heterocycles. The van der Waals surface area contributed by atoms with Gasteiger partial charge in [-0.1, -0.05) is 217 Å². The number of aliphatic hydroxyl groups excluding tert-OH is 1. The maximum absolute atomic E-state index is 12.9. The Labute approximate surface area is 385 Å². The van der Waals surface area contributed by atoms with Crippen LogP contribution in [0.5, 0.6) is 0 Å². The van der Waals surface area contributed by atoms with E-state index in [0.717, 1.165) is 57.8 Å². The molecule has 62 heavy (non-hydrogen) atoms. The van der Waals surface area contributed by atoms with Crippen molar-refractivity contribution >= 4 is 13.7 Å². The van der Waals surface area contributed by atoms with Crippen molar-refractivity contribution in [2.24, 2.45) is 0 Å². The number of hydrogen-bond acceptors (Lipinski definition) is 6. The number of quaternary nitrogens is 1. The number of phosphoric ester groups is 1. The molecule has 0 aliphatic rings. The lowest BCUT2D eigenvalue weighted by Crippen LogP contribution is -2.45. The molecule has 0 aromatic rings. The Hall–Kier alpha value is -1.28. The van der Waals surface area contributed by atoms with Gasteiger partial charge in [0.2, 0.25) is 5.91 Å². The number of allylic oxidation sites excluding steroid dienone is 5. The first-order valence-electron chi connectivity index (χ1n) is 26.4. The van der Waals surface area contributed by atoms with E-state index in [1.54, 1.807) is 6.08 Å². The van der Waals surface area contributed by atoms with E-state index < -0.39 is 26.6 Å². The average Bonchev–Trinajstić information content (AvgIpc) is 3.23. The summed E-state index contributed by atoms with van der Waals surface area (Å²) in [6.45, 7) is 4.63. The van der Waals surface area contributed by atoms with E-state index in [2.05, 4.69) is 43.5 Å². The molecular formula is C53H103N2O6P. The minimum absolute atomic E-state index is 0.00766. The van der Waals surface area contributed by atoms with Gasteiger partial charge in [0.25, 0.3) is 7.82 Å². The van der Waals surface area contributed by atoms with Gasteiger partial charge in [0.1, 0.15) is 13.2 Å². The minimum Gasteiger partial charge on any atom is -0.756 e. The standard InChI is InChI=1S/C53H103N2O6P/c1-6-8-10-12-14-16-18-20-22-23-24-25-26-27-28-29-30-31-32-33-34-36-38-40-42-44-46-52(56)51(50-61-62(58,59)60-49-48-55(3,4)5)54-53(57)47-45-43-41-39-37-35-21-19-17-15-13-11-9-7-2/h19,21,36,38,44,46,51-52,56H,6-18,20,22-35,37,39-43,45,47-50H2,1-5H3,(H-,54,57,58,59)/b21-19-,38-36+,46-44+. The fraction of sp³-hybridized carbons (Fsp3) is 0.868. The Morgan fingerprint density at radius 3 is 1.31 bits per heavy atom. The fourth-order valence-corrected chi connectivity index (χ4v) is 8.36. The fourth-order valence-electron chi connectivity index (χ4n) is 7.63. The number of carbonyl (C=O) groups is 1. The minimum atomic E-state index is -4.60. The van der Waals surface area contributed by atoms with Crippen LogP contribution in [0.2, 0.25) is 0 Å². The molecule has 0 aromatic carbocycles. The van der Waals surface area contributed by atoms with Crippen LogP contribution in [0.4, 0.5) is 0 Å². The lowest BCUT2D eigenvalue weighted by molar-refractivity contribution is -0.870. The number of unbranched alkanes of at least 4 members (excludes halogenated alkanes) is 31. The highest BCUT2D eigenvalue weighted by atomic mass is 31.2. The first-order chi connectivity index (χ1) is 30.0. The van der Waals surface area contributed by atoms with Crippen molar-refractivity contribution in [1.29, 1.82) is 0 Å². The van der Waals surface area contributed by atoms with Gasteiger partial charge in [-0.25, -0.2) is 0 Å². The maximum Gasteiger partial charge on any atom is 0.268 e. The van der Waals surface area contributed by atoms with Crippen LogP contribution < -0.4 is 10.2 Å². The first kappa shape index (κ1) is 60.7. The number of phosphoric acid groups is 1.